The first-order valence-corrected chi connectivity index (χ1v) is 6.05. The second-order valence-electron chi connectivity index (χ2n) is 4.28. The van der Waals surface area contributed by atoms with E-state index in [4.69, 9.17) is 10.7 Å². The highest BCUT2D eigenvalue weighted by atomic mass is 19.1. The smallest absolute Gasteiger partial charge is 0.143 e. The third kappa shape index (κ3) is 2.98. The van der Waals surface area contributed by atoms with Crippen molar-refractivity contribution in [3.63, 3.8) is 0 Å². The number of pyridine rings is 1. The van der Waals surface area contributed by atoms with Gasteiger partial charge in [0.1, 0.15) is 23.4 Å². The van der Waals surface area contributed by atoms with Crippen LogP contribution in [0.1, 0.15) is 16.8 Å². The zero-order valence-corrected chi connectivity index (χ0v) is 10.9. The summed E-state index contributed by atoms with van der Waals surface area (Å²) in [6, 6.07) is 11.6. The van der Waals surface area contributed by atoms with Gasteiger partial charge in [0, 0.05) is 17.8 Å². The summed E-state index contributed by atoms with van der Waals surface area (Å²) < 4.78 is 13.5. The first-order valence-electron chi connectivity index (χ1n) is 6.05. The molecule has 0 saturated heterocycles. The Bertz CT molecular complexity index is 689. The Morgan fingerprint density at radius 3 is 2.80 bits per heavy atom. The maximum absolute atomic E-state index is 13.5. The van der Waals surface area contributed by atoms with Crippen molar-refractivity contribution >= 4 is 11.5 Å². The Kier molecular flexibility index (Phi) is 4.06. The van der Waals surface area contributed by atoms with E-state index in [2.05, 4.69) is 10.3 Å². The molecule has 0 aliphatic carbocycles. The highest BCUT2D eigenvalue weighted by molar-refractivity contribution is 6.12. The molecule has 1 aromatic heterocycles. The number of nitriles is 1. The summed E-state index contributed by atoms with van der Waals surface area (Å²) in [5, 5.41) is 19.4. The van der Waals surface area contributed by atoms with Gasteiger partial charge in [-0.25, -0.2) is 9.37 Å². The number of rotatable bonds is 4. The van der Waals surface area contributed by atoms with Crippen molar-refractivity contribution in [1.82, 2.24) is 4.98 Å². The Labute approximate surface area is 116 Å². The highest BCUT2D eigenvalue weighted by Gasteiger charge is 2.10. The van der Waals surface area contributed by atoms with E-state index in [0.29, 0.717) is 16.9 Å². The summed E-state index contributed by atoms with van der Waals surface area (Å²) in [7, 11) is 0. The predicted octanol–water partition coefficient (Wildman–Crippen LogP) is 3.03. The van der Waals surface area contributed by atoms with Crippen LogP contribution in [0.3, 0.4) is 0 Å². The number of halogens is 1. The van der Waals surface area contributed by atoms with Crippen molar-refractivity contribution in [3.05, 3.63) is 59.0 Å². The first kappa shape index (κ1) is 13.7. The molecule has 0 radical (unpaired) electrons. The van der Waals surface area contributed by atoms with Crippen molar-refractivity contribution in [1.29, 1.82) is 10.7 Å². The first-order chi connectivity index (χ1) is 9.61. The van der Waals surface area contributed by atoms with Crippen LogP contribution in [-0.4, -0.2) is 10.7 Å². The van der Waals surface area contributed by atoms with Gasteiger partial charge < -0.3 is 5.32 Å². The highest BCUT2D eigenvalue weighted by Crippen LogP contribution is 2.16. The molecule has 0 atom stereocenters. The van der Waals surface area contributed by atoms with E-state index in [9.17, 15) is 4.39 Å². The topological polar surface area (TPSA) is 72.6 Å². The fraction of sp³-hybridized carbons (Fsp3) is 0.133. The standard InChI is InChI=1S/C15H13FN4/c1-10-6-7-12(14(18)8-17)15(20-10)19-9-11-4-2-3-5-13(11)16/h2-7,18H,9H2,1H3,(H,19,20). The summed E-state index contributed by atoms with van der Waals surface area (Å²) in [5.74, 6) is 0.115. The number of anilines is 1. The molecule has 100 valence electrons. The van der Waals surface area contributed by atoms with Crippen LogP contribution in [0.2, 0.25) is 0 Å². The van der Waals surface area contributed by atoms with Crippen LogP contribution in [-0.2, 0) is 6.54 Å². The normalized spacial score (nSPS) is 9.85. The number of benzene rings is 1. The third-order valence-electron chi connectivity index (χ3n) is 2.82. The lowest BCUT2D eigenvalue weighted by Crippen LogP contribution is -2.09. The van der Waals surface area contributed by atoms with Gasteiger partial charge in [-0.3, -0.25) is 5.41 Å². The van der Waals surface area contributed by atoms with Gasteiger partial charge in [-0.1, -0.05) is 18.2 Å². The van der Waals surface area contributed by atoms with Crippen molar-refractivity contribution in [2.75, 3.05) is 5.32 Å². The number of nitrogens with zero attached hydrogens (tertiary/aromatic N) is 2. The molecular weight excluding hydrogens is 255 g/mol. The molecule has 0 unspecified atom stereocenters. The Hall–Kier alpha value is -2.74. The molecule has 0 saturated carbocycles. The largest absolute Gasteiger partial charge is 0.365 e. The van der Waals surface area contributed by atoms with Crippen molar-refractivity contribution in [2.45, 2.75) is 13.5 Å². The summed E-state index contributed by atoms with van der Waals surface area (Å²) in [6.45, 7) is 2.06. The van der Waals surface area contributed by atoms with Crippen LogP contribution < -0.4 is 5.32 Å². The molecule has 1 heterocycles. The van der Waals surface area contributed by atoms with Crippen LogP contribution in [0.15, 0.2) is 36.4 Å². The Balaban J connectivity index is 2.25. The van der Waals surface area contributed by atoms with Crippen molar-refractivity contribution < 1.29 is 4.39 Å². The Morgan fingerprint density at radius 1 is 1.35 bits per heavy atom. The molecule has 0 amide bonds. The molecule has 2 rings (SSSR count). The van der Waals surface area contributed by atoms with Gasteiger partial charge in [0.2, 0.25) is 0 Å². The van der Waals surface area contributed by atoms with E-state index in [0.717, 1.165) is 5.69 Å². The molecule has 0 aliphatic rings. The fourth-order valence-electron chi connectivity index (χ4n) is 1.77. The van der Waals surface area contributed by atoms with E-state index >= 15 is 0 Å². The van der Waals surface area contributed by atoms with Gasteiger partial charge in [0.25, 0.3) is 0 Å². The van der Waals surface area contributed by atoms with E-state index in [-0.39, 0.29) is 18.1 Å². The van der Waals surface area contributed by atoms with E-state index in [1.54, 1.807) is 36.4 Å². The second kappa shape index (κ2) is 5.93. The minimum absolute atomic E-state index is 0.173. The molecule has 5 heteroatoms. The quantitative estimate of drug-likeness (QED) is 0.837. The number of hydrogen-bond donors (Lipinski definition) is 2. The van der Waals surface area contributed by atoms with Gasteiger partial charge >= 0.3 is 0 Å². The average molecular weight is 268 g/mol. The van der Waals surface area contributed by atoms with E-state index < -0.39 is 0 Å². The molecule has 1 aromatic carbocycles. The number of aryl methyl sites for hydroxylation is 1. The lowest BCUT2D eigenvalue weighted by Gasteiger charge is -2.11. The van der Waals surface area contributed by atoms with Crippen LogP contribution in [0, 0.1) is 29.5 Å². The maximum atomic E-state index is 13.5. The zero-order valence-electron chi connectivity index (χ0n) is 10.9. The van der Waals surface area contributed by atoms with E-state index in [1.165, 1.54) is 6.07 Å². The lowest BCUT2D eigenvalue weighted by molar-refractivity contribution is 0.613. The van der Waals surface area contributed by atoms with Gasteiger partial charge in [-0.2, -0.15) is 5.26 Å². The van der Waals surface area contributed by atoms with Gasteiger partial charge in [-0.15, -0.1) is 0 Å². The summed E-state index contributed by atoms with van der Waals surface area (Å²) in [5.41, 5.74) is 1.50. The third-order valence-corrected chi connectivity index (χ3v) is 2.82. The van der Waals surface area contributed by atoms with Gasteiger partial charge in [0.15, 0.2) is 0 Å². The molecular formula is C15H13FN4. The average Bonchev–Trinajstić information content (AvgIpc) is 2.46. The summed E-state index contributed by atoms with van der Waals surface area (Å²) in [6.07, 6.45) is 0. The fourth-order valence-corrected chi connectivity index (χ4v) is 1.77. The maximum Gasteiger partial charge on any atom is 0.143 e. The minimum Gasteiger partial charge on any atom is -0.365 e. The van der Waals surface area contributed by atoms with Crippen molar-refractivity contribution in [2.24, 2.45) is 0 Å². The van der Waals surface area contributed by atoms with Gasteiger partial charge in [0.05, 0.1) is 5.56 Å². The van der Waals surface area contributed by atoms with Crippen LogP contribution in [0.25, 0.3) is 0 Å². The summed E-state index contributed by atoms with van der Waals surface area (Å²) >= 11 is 0. The molecule has 0 fully saturated rings. The molecule has 4 nitrogen and oxygen atoms in total. The van der Waals surface area contributed by atoms with Crippen LogP contribution >= 0.6 is 0 Å². The monoisotopic (exact) mass is 268 g/mol. The molecule has 2 aromatic rings. The number of aromatic nitrogens is 1. The second-order valence-corrected chi connectivity index (χ2v) is 4.28. The number of hydrogen-bond acceptors (Lipinski definition) is 4. The minimum atomic E-state index is -0.301. The lowest BCUT2D eigenvalue weighted by atomic mass is 10.1. The van der Waals surface area contributed by atoms with Crippen molar-refractivity contribution in [3.8, 4) is 6.07 Å². The van der Waals surface area contributed by atoms with Gasteiger partial charge in [-0.05, 0) is 25.1 Å². The zero-order chi connectivity index (χ0) is 14.5. The van der Waals surface area contributed by atoms with E-state index in [1.807, 2.05) is 6.92 Å². The number of nitrogens with one attached hydrogen (secondary N) is 2. The van der Waals surface area contributed by atoms with Crippen LogP contribution in [0.4, 0.5) is 10.2 Å². The Morgan fingerprint density at radius 2 is 2.10 bits per heavy atom. The molecule has 2 N–H and O–H groups in total. The molecule has 20 heavy (non-hydrogen) atoms. The predicted molar refractivity (Wildman–Crippen MR) is 75.1 cm³/mol. The molecule has 0 bridgehead atoms. The molecule has 0 spiro atoms. The SMILES string of the molecule is Cc1ccc(C(=N)C#N)c(NCc2ccccc2F)n1. The summed E-state index contributed by atoms with van der Waals surface area (Å²) in [4.78, 5) is 4.26. The molecule has 0 aliphatic heterocycles. The van der Waals surface area contributed by atoms with Crippen LogP contribution in [0.5, 0.6) is 0 Å².